The number of benzene rings is 1. The summed E-state index contributed by atoms with van der Waals surface area (Å²) < 4.78 is 2.39. The minimum absolute atomic E-state index is 0.507. The van der Waals surface area contributed by atoms with Crippen LogP contribution in [0.1, 0.15) is 37.9 Å². The maximum absolute atomic E-state index is 3.32. The molecule has 1 unspecified atom stereocenters. The van der Waals surface area contributed by atoms with E-state index in [4.69, 9.17) is 0 Å². The Hall–Kier alpha value is -1.28. The van der Waals surface area contributed by atoms with Gasteiger partial charge in [0.1, 0.15) is 0 Å². The van der Waals surface area contributed by atoms with Crippen molar-refractivity contribution in [2.75, 3.05) is 7.05 Å². The number of nitrogens with zero attached hydrogens (tertiary/aromatic N) is 1. The lowest BCUT2D eigenvalue weighted by Crippen LogP contribution is -2.23. The fraction of sp³-hybridized carbons (Fsp3) is 0.500. The molecule has 2 rings (SSSR count). The molecule has 0 bridgehead atoms. The molecule has 2 nitrogen and oxygen atoms in total. The minimum Gasteiger partial charge on any atom is -0.345 e. The molecule has 1 aromatic heterocycles. The molecule has 0 aliphatic carbocycles. The molecule has 2 heteroatoms. The molecule has 18 heavy (non-hydrogen) atoms. The first kappa shape index (κ1) is 13.2. The van der Waals surface area contributed by atoms with Crippen molar-refractivity contribution in [2.45, 2.75) is 46.2 Å². The molecule has 0 radical (unpaired) electrons. The molecule has 0 saturated heterocycles. The zero-order valence-electron chi connectivity index (χ0n) is 12.1. The maximum atomic E-state index is 3.32. The third kappa shape index (κ3) is 2.44. The van der Waals surface area contributed by atoms with Crippen molar-refractivity contribution in [3.05, 3.63) is 35.5 Å². The summed E-state index contributed by atoms with van der Waals surface area (Å²) in [5.74, 6) is 0. The van der Waals surface area contributed by atoms with Crippen LogP contribution in [0.3, 0.4) is 0 Å². The van der Waals surface area contributed by atoms with E-state index in [1.165, 1.54) is 22.0 Å². The van der Waals surface area contributed by atoms with Crippen LogP contribution in [0.5, 0.6) is 0 Å². The highest BCUT2D eigenvalue weighted by molar-refractivity contribution is 5.84. The number of fused-ring (bicyclic) bond motifs is 1. The molecule has 0 spiro atoms. The molecule has 0 aliphatic rings. The van der Waals surface area contributed by atoms with E-state index in [1.54, 1.807) is 0 Å². The van der Waals surface area contributed by atoms with E-state index in [9.17, 15) is 0 Å². The fourth-order valence-corrected chi connectivity index (χ4v) is 2.46. The SMILES string of the molecule is CNC(C)Cc1cn(C(C)C)c2cc(C)ccc12. The van der Waals surface area contributed by atoms with Crippen LogP contribution < -0.4 is 5.32 Å². The van der Waals surface area contributed by atoms with Gasteiger partial charge in [0.25, 0.3) is 0 Å². The second-order valence-electron chi connectivity index (χ2n) is 5.57. The van der Waals surface area contributed by atoms with E-state index >= 15 is 0 Å². The van der Waals surface area contributed by atoms with Crippen molar-refractivity contribution in [2.24, 2.45) is 0 Å². The van der Waals surface area contributed by atoms with Crippen LogP contribution in [0.2, 0.25) is 0 Å². The minimum atomic E-state index is 0.507. The number of hydrogen-bond acceptors (Lipinski definition) is 1. The number of nitrogens with one attached hydrogen (secondary N) is 1. The summed E-state index contributed by atoms with van der Waals surface area (Å²) in [5.41, 5.74) is 4.14. The van der Waals surface area contributed by atoms with Crippen LogP contribution >= 0.6 is 0 Å². The van der Waals surface area contributed by atoms with Crippen LogP contribution in [-0.2, 0) is 6.42 Å². The first-order chi connectivity index (χ1) is 8.52. The highest BCUT2D eigenvalue weighted by Crippen LogP contribution is 2.26. The Balaban J connectivity index is 2.54. The van der Waals surface area contributed by atoms with Gasteiger partial charge in [-0.25, -0.2) is 0 Å². The summed E-state index contributed by atoms with van der Waals surface area (Å²) in [6.07, 6.45) is 3.40. The van der Waals surface area contributed by atoms with Crippen molar-refractivity contribution in [1.82, 2.24) is 9.88 Å². The molecule has 1 N–H and O–H groups in total. The highest BCUT2D eigenvalue weighted by Gasteiger charge is 2.12. The summed E-state index contributed by atoms with van der Waals surface area (Å²) >= 11 is 0. The lowest BCUT2D eigenvalue weighted by molar-refractivity contribution is 0.598. The Morgan fingerprint density at radius 2 is 1.94 bits per heavy atom. The molecule has 0 fully saturated rings. The van der Waals surface area contributed by atoms with Crippen molar-refractivity contribution >= 4 is 10.9 Å². The van der Waals surface area contributed by atoms with E-state index in [-0.39, 0.29) is 0 Å². The van der Waals surface area contributed by atoms with Crippen molar-refractivity contribution in [3.63, 3.8) is 0 Å². The van der Waals surface area contributed by atoms with E-state index in [0.29, 0.717) is 12.1 Å². The Morgan fingerprint density at radius 3 is 2.56 bits per heavy atom. The van der Waals surface area contributed by atoms with Crippen LogP contribution in [0.25, 0.3) is 10.9 Å². The molecule has 0 amide bonds. The van der Waals surface area contributed by atoms with Crippen LogP contribution in [0.15, 0.2) is 24.4 Å². The quantitative estimate of drug-likeness (QED) is 0.868. The second kappa shape index (κ2) is 5.15. The van der Waals surface area contributed by atoms with Crippen molar-refractivity contribution < 1.29 is 0 Å². The predicted octanol–water partition coefficient (Wildman–Crippen LogP) is 3.68. The predicted molar refractivity (Wildman–Crippen MR) is 79.3 cm³/mol. The summed E-state index contributed by atoms with van der Waals surface area (Å²) in [6.45, 7) is 8.87. The van der Waals surface area contributed by atoms with Gasteiger partial charge >= 0.3 is 0 Å². The summed E-state index contributed by atoms with van der Waals surface area (Å²) in [4.78, 5) is 0. The normalized spacial score (nSPS) is 13.4. The summed E-state index contributed by atoms with van der Waals surface area (Å²) in [5, 5.41) is 4.72. The Morgan fingerprint density at radius 1 is 1.22 bits per heavy atom. The van der Waals surface area contributed by atoms with Crippen LogP contribution in [0, 0.1) is 6.92 Å². The van der Waals surface area contributed by atoms with Gasteiger partial charge < -0.3 is 9.88 Å². The first-order valence-electron chi connectivity index (χ1n) is 6.80. The van der Waals surface area contributed by atoms with Gasteiger partial charge in [-0.05, 0) is 58.4 Å². The highest BCUT2D eigenvalue weighted by atomic mass is 15.0. The molecule has 1 aromatic carbocycles. The Labute approximate surface area is 110 Å². The van der Waals surface area contributed by atoms with E-state index in [2.05, 4.69) is 62.0 Å². The zero-order chi connectivity index (χ0) is 13.3. The molecule has 0 aliphatic heterocycles. The molecule has 0 saturated carbocycles. The summed E-state index contributed by atoms with van der Waals surface area (Å²) in [7, 11) is 2.02. The average molecular weight is 244 g/mol. The number of hydrogen-bond donors (Lipinski definition) is 1. The van der Waals surface area contributed by atoms with Gasteiger partial charge in [-0.3, -0.25) is 0 Å². The van der Waals surface area contributed by atoms with Crippen molar-refractivity contribution in [1.29, 1.82) is 0 Å². The molecule has 98 valence electrons. The first-order valence-corrected chi connectivity index (χ1v) is 6.80. The molecule has 2 aromatic rings. The van der Waals surface area contributed by atoms with Crippen LogP contribution in [-0.4, -0.2) is 17.7 Å². The molecule has 1 heterocycles. The molecular weight excluding hydrogens is 220 g/mol. The number of aromatic nitrogens is 1. The van der Waals surface area contributed by atoms with Gasteiger partial charge in [0.05, 0.1) is 0 Å². The largest absolute Gasteiger partial charge is 0.345 e. The number of likely N-dealkylation sites (N-methyl/N-ethyl adjacent to an activating group) is 1. The monoisotopic (exact) mass is 244 g/mol. The lowest BCUT2D eigenvalue weighted by Gasteiger charge is -2.09. The van der Waals surface area contributed by atoms with E-state index in [0.717, 1.165) is 6.42 Å². The van der Waals surface area contributed by atoms with E-state index in [1.807, 2.05) is 7.05 Å². The third-order valence-electron chi connectivity index (χ3n) is 3.65. The number of rotatable bonds is 4. The van der Waals surface area contributed by atoms with Gasteiger partial charge in [0.15, 0.2) is 0 Å². The van der Waals surface area contributed by atoms with Crippen LogP contribution in [0.4, 0.5) is 0 Å². The van der Waals surface area contributed by atoms with Crippen molar-refractivity contribution in [3.8, 4) is 0 Å². The smallest absolute Gasteiger partial charge is 0.0488 e. The third-order valence-corrected chi connectivity index (χ3v) is 3.65. The van der Waals surface area contributed by atoms with Gasteiger partial charge in [0.2, 0.25) is 0 Å². The van der Waals surface area contributed by atoms with E-state index < -0.39 is 0 Å². The molecular formula is C16H24N2. The second-order valence-corrected chi connectivity index (χ2v) is 5.57. The standard InChI is InChI=1S/C16H24N2/c1-11(2)18-10-14(9-13(4)17-5)15-7-6-12(3)8-16(15)18/h6-8,10-11,13,17H,9H2,1-5H3. The fourth-order valence-electron chi connectivity index (χ4n) is 2.46. The van der Waals surface area contributed by atoms with Gasteiger partial charge in [-0.15, -0.1) is 0 Å². The average Bonchev–Trinajstić information content (AvgIpc) is 2.67. The lowest BCUT2D eigenvalue weighted by atomic mass is 10.1. The Bertz CT molecular complexity index is 537. The Kier molecular flexibility index (Phi) is 3.76. The topological polar surface area (TPSA) is 17.0 Å². The zero-order valence-corrected chi connectivity index (χ0v) is 12.1. The maximum Gasteiger partial charge on any atom is 0.0488 e. The van der Waals surface area contributed by atoms with Gasteiger partial charge in [-0.1, -0.05) is 12.1 Å². The van der Waals surface area contributed by atoms with Gasteiger partial charge in [-0.2, -0.15) is 0 Å². The summed E-state index contributed by atoms with van der Waals surface area (Å²) in [6, 6.07) is 7.79. The molecule has 1 atom stereocenters. The number of aryl methyl sites for hydroxylation is 1. The van der Waals surface area contributed by atoms with Gasteiger partial charge in [0, 0.05) is 29.2 Å².